The second-order valence-corrected chi connectivity index (χ2v) is 7.61. The van der Waals surface area contributed by atoms with Gasteiger partial charge in [-0.3, -0.25) is 9.78 Å². The molecule has 180 valence electrons. The van der Waals surface area contributed by atoms with Crippen molar-refractivity contribution in [3.05, 3.63) is 77.6 Å². The topological polar surface area (TPSA) is 78.9 Å². The summed E-state index contributed by atoms with van der Waals surface area (Å²) in [6, 6.07) is 14.6. The second kappa shape index (κ2) is 13.1. The molecule has 1 amide bonds. The van der Waals surface area contributed by atoms with Crippen molar-refractivity contribution in [1.82, 2.24) is 10.3 Å². The van der Waals surface area contributed by atoms with E-state index in [1.54, 1.807) is 37.7 Å². The molecule has 3 aromatic rings. The molecule has 0 aliphatic heterocycles. The average molecular weight is 465 g/mol. The number of unbranched alkanes of at least 4 members (excludes halogenated alkanes) is 1. The Morgan fingerprint density at radius 3 is 2.35 bits per heavy atom. The molecular formula is C27H32N2O5. The molecule has 0 bridgehead atoms. The molecule has 7 heteroatoms. The number of benzene rings is 2. The molecule has 0 unspecified atom stereocenters. The molecule has 0 aliphatic rings. The van der Waals surface area contributed by atoms with Crippen molar-refractivity contribution in [1.29, 1.82) is 0 Å². The lowest BCUT2D eigenvalue weighted by Gasteiger charge is -2.14. The maximum absolute atomic E-state index is 12.8. The average Bonchev–Trinajstić information content (AvgIpc) is 2.87. The molecule has 0 radical (unpaired) electrons. The fraction of sp³-hybridized carbons (Fsp3) is 0.333. The van der Waals surface area contributed by atoms with Crippen LogP contribution in [-0.2, 0) is 13.2 Å². The highest BCUT2D eigenvalue weighted by molar-refractivity contribution is 5.94. The Labute approximate surface area is 201 Å². The summed E-state index contributed by atoms with van der Waals surface area (Å²) < 4.78 is 22.8. The van der Waals surface area contributed by atoms with Crippen LogP contribution in [0.1, 0.15) is 48.2 Å². The lowest BCUT2D eigenvalue weighted by Crippen LogP contribution is -2.22. The SMILES string of the molecule is CCCCOc1ccc(CNC(=O)c2ccc(OCc3ccncc3)c(OCC)c2)cc1OC. The molecule has 0 atom stereocenters. The van der Waals surface area contributed by atoms with Gasteiger partial charge in [-0.2, -0.15) is 0 Å². The number of amides is 1. The normalized spacial score (nSPS) is 10.4. The zero-order valence-corrected chi connectivity index (χ0v) is 20.0. The summed E-state index contributed by atoms with van der Waals surface area (Å²) in [5.41, 5.74) is 2.40. The Kier molecular flexibility index (Phi) is 9.58. The molecular weight excluding hydrogens is 432 g/mol. The fourth-order valence-electron chi connectivity index (χ4n) is 3.23. The lowest BCUT2D eigenvalue weighted by molar-refractivity contribution is 0.0950. The summed E-state index contributed by atoms with van der Waals surface area (Å²) in [6.45, 7) is 5.86. The number of nitrogens with zero attached hydrogens (tertiary/aromatic N) is 1. The zero-order valence-electron chi connectivity index (χ0n) is 20.0. The molecule has 1 N–H and O–H groups in total. The largest absolute Gasteiger partial charge is 0.493 e. The molecule has 7 nitrogen and oxygen atoms in total. The quantitative estimate of drug-likeness (QED) is 0.351. The van der Waals surface area contributed by atoms with Gasteiger partial charge in [0.2, 0.25) is 0 Å². The third kappa shape index (κ3) is 7.13. The van der Waals surface area contributed by atoms with Crippen LogP contribution >= 0.6 is 0 Å². The maximum Gasteiger partial charge on any atom is 0.251 e. The van der Waals surface area contributed by atoms with Crippen LogP contribution in [0.5, 0.6) is 23.0 Å². The minimum atomic E-state index is -0.205. The fourth-order valence-corrected chi connectivity index (χ4v) is 3.23. The molecule has 0 saturated heterocycles. The maximum atomic E-state index is 12.8. The number of hydrogen-bond acceptors (Lipinski definition) is 6. The number of hydrogen-bond donors (Lipinski definition) is 1. The van der Waals surface area contributed by atoms with Gasteiger partial charge in [0.1, 0.15) is 6.61 Å². The minimum Gasteiger partial charge on any atom is -0.493 e. The van der Waals surface area contributed by atoms with Gasteiger partial charge in [0.25, 0.3) is 5.91 Å². The third-order valence-electron chi connectivity index (χ3n) is 5.09. The van der Waals surface area contributed by atoms with Crippen molar-refractivity contribution in [3.63, 3.8) is 0 Å². The summed E-state index contributed by atoms with van der Waals surface area (Å²) in [7, 11) is 1.61. The Balaban J connectivity index is 1.63. The summed E-state index contributed by atoms with van der Waals surface area (Å²) in [5, 5.41) is 2.95. The number of pyridine rings is 1. The van der Waals surface area contributed by atoms with E-state index >= 15 is 0 Å². The van der Waals surface area contributed by atoms with Gasteiger partial charge in [-0.25, -0.2) is 0 Å². The van der Waals surface area contributed by atoms with Crippen molar-refractivity contribution < 1.29 is 23.7 Å². The zero-order chi connectivity index (χ0) is 24.2. The van der Waals surface area contributed by atoms with E-state index in [0.29, 0.717) is 54.9 Å². The van der Waals surface area contributed by atoms with Crippen molar-refractivity contribution in [3.8, 4) is 23.0 Å². The van der Waals surface area contributed by atoms with E-state index in [0.717, 1.165) is 24.0 Å². The molecule has 0 saturated carbocycles. The summed E-state index contributed by atoms with van der Waals surface area (Å²) >= 11 is 0. The molecule has 3 rings (SSSR count). The van der Waals surface area contributed by atoms with E-state index in [1.165, 1.54) is 0 Å². The van der Waals surface area contributed by atoms with Gasteiger partial charge < -0.3 is 24.3 Å². The third-order valence-corrected chi connectivity index (χ3v) is 5.09. The number of methoxy groups -OCH3 is 1. The molecule has 34 heavy (non-hydrogen) atoms. The molecule has 0 aliphatic carbocycles. The van der Waals surface area contributed by atoms with Gasteiger partial charge in [-0.15, -0.1) is 0 Å². The van der Waals surface area contributed by atoms with Crippen molar-refractivity contribution in [2.24, 2.45) is 0 Å². The van der Waals surface area contributed by atoms with Crippen LogP contribution in [0.15, 0.2) is 60.9 Å². The highest BCUT2D eigenvalue weighted by Crippen LogP contribution is 2.30. The van der Waals surface area contributed by atoms with Crippen LogP contribution in [0, 0.1) is 0 Å². The van der Waals surface area contributed by atoms with Crippen molar-refractivity contribution in [2.45, 2.75) is 39.8 Å². The van der Waals surface area contributed by atoms with Crippen molar-refractivity contribution in [2.75, 3.05) is 20.3 Å². The summed E-state index contributed by atoms with van der Waals surface area (Å²) in [5.74, 6) is 2.26. The molecule has 1 aromatic heterocycles. The molecule has 2 aromatic carbocycles. The van der Waals surface area contributed by atoms with Crippen LogP contribution < -0.4 is 24.3 Å². The Morgan fingerprint density at radius 1 is 0.853 bits per heavy atom. The first-order valence-electron chi connectivity index (χ1n) is 11.5. The smallest absolute Gasteiger partial charge is 0.251 e. The Morgan fingerprint density at radius 2 is 1.62 bits per heavy atom. The van der Waals surface area contributed by atoms with Crippen LogP contribution in [0.3, 0.4) is 0 Å². The van der Waals surface area contributed by atoms with Crippen LogP contribution in [0.2, 0.25) is 0 Å². The van der Waals surface area contributed by atoms with Gasteiger partial charge in [-0.1, -0.05) is 19.4 Å². The lowest BCUT2D eigenvalue weighted by atomic mass is 10.1. The highest BCUT2D eigenvalue weighted by atomic mass is 16.5. The summed E-state index contributed by atoms with van der Waals surface area (Å²) in [6.07, 6.45) is 5.49. The van der Waals surface area contributed by atoms with E-state index in [1.807, 2.05) is 37.3 Å². The van der Waals surface area contributed by atoms with Crippen LogP contribution in [-0.4, -0.2) is 31.2 Å². The number of nitrogens with one attached hydrogen (secondary N) is 1. The van der Waals surface area contributed by atoms with Crippen molar-refractivity contribution >= 4 is 5.91 Å². The number of aromatic nitrogens is 1. The number of rotatable bonds is 13. The number of carbonyl (C=O) groups excluding carboxylic acids is 1. The summed E-state index contributed by atoms with van der Waals surface area (Å²) in [4.78, 5) is 16.8. The van der Waals surface area contributed by atoms with Gasteiger partial charge in [0.05, 0.1) is 20.3 Å². The van der Waals surface area contributed by atoms with Gasteiger partial charge in [0.15, 0.2) is 23.0 Å². The first kappa shape index (κ1) is 24.9. The van der Waals surface area contributed by atoms with Gasteiger partial charge >= 0.3 is 0 Å². The van der Waals surface area contributed by atoms with E-state index in [4.69, 9.17) is 18.9 Å². The molecule has 0 spiro atoms. The monoisotopic (exact) mass is 464 g/mol. The van der Waals surface area contributed by atoms with E-state index in [-0.39, 0.29) is 5.91 Å². The first-order valence-corrected chi connectivity index (χ1v) is 11.5. The second-order valence-electron chi connectivity index (χ2n) is 7.61. The molecule has 0 fully saturated rings. The first-order chi connectivity index (χ1) is 16.6. The number of carbonyl (C=O) groups is 1. The van der Waals surface area contributed by atoms with E-state index < -0.39 is 0 Å². The Hall–Kier alpha value is -3.74. The Bertz CT molecular complexity index is 1060. The predicted molar refractivity (Wildman–Crippen MR) is 131 cm³/mol. The minimum absolute atomic E-state index is 0.205. The number of ether oxygens (including phenoxy) is 4. The van der Waals surface area contributed by atoms with Gasteiger partial charge in [0, 0.05) is 24.5 Å². The molecule has 1 heterocycles. The predicted octanol–water partition coefficient (Wildman–Crippen LogP) is 5.18. The van der Waals surface area contributed by atoms with E-state index in [2.05, 4.69) is 17.2 Å². The standard InChI is InChI=1S/C27H32N2O5/c1-4-6-15-33-23-9-7-21(16-25(23)31-3)18-29-27(30)22-8-10-24(26(17-22)32-5-2)34-19-20-11-13-28-14-12-20/h7-14,16-17H,4-6,15,18-19H2,1-3H3,(H,29,30). The highest BCUT2D eigenvalue weighted by Gasteiger charge is 2.13. The van der Waals surface area contributed by atoms with Crippen LogP contribution in [0.4, 0.5) is 0 Å². The van der Waals surface area contributed by atoms with E-state index in [9.17, 15) is 4.79 Å². The van der Waals surface area contributed by atoms with Crippen LogP contribution in [0.25, 0.3) is 0 Å². The van der Waals surface area contributed by atoms with Gasteiger partial charge in [-0.05, 0) is 66.9 Å².